The zero-order valence-electron chi connectivity index (χ0n) is 14.4. The summed E-state index contributed by atoms with van der Waals surface area (Å²) in [7, 11) is 0. The molecule has 0 aliphatic rings. The van der Waals surface area contributed by atoms with Gasteiger partial charge in [0.15, 0.2) is 11.6 Å². The van der Waals surface area contributed by atoms with Crippen LogP contribution in [0.15, 0.2) is 12.1 Å². The highest BCUT2D eigenvalue weighted by molar-refractivity contribution is 6.35. The van der Waals surface area contributed by atoms with Gasteiger partial charge in [-0.1, -0.05) is 23.2 Å². The lowest BCUT2D eigenvalue weighted by Gasteiger charge is -2.16. The summed E-state index contributed by atoms with van der Waals surface area (Å²) in [6, 6.07) is 2.24. The molecule has 1 atom stereocenters. The fourth-order valence-electron chi connectivity index (χ4n) is 2.87. The third-order valence-corrected chi connectivity index (χ3v) is 4.76. The Morgan fingerprint density at radius 1 is 1.24 bits per heavy atom. The largest absolute Gasteiger partial charge is 0.355 e. The SMILES string of the molecule is CC(=O)c1c(C)[nH]c(C(=O)CN[C@@H](C)c2cc(F)c(Cl)cc2Cl)c1C. The van der Waals surface area contributed by atoms with E-state index in [-0.39, 0.29) is 29.2 Å². The maximum atomic E-state index is 13.6. The van der Waals surface area contributed by atoms with E-state index < -0.39 is 5.82 Å². The molecule has 0 radical (unpaired) electrons. The first-order chi connectivity index (χ1) is 11.6. The summed E-state index contributed by atoms with van der Waals surface area (Å²) in [5.74, 6) is -0.844. The summed E-state index contributed by atoms with van der Waals surface area (Å²) in [4.78, 5) is 27.1. The predicted octanol–water partition coefficient (Wildman–Crippen LogP) is 4.81. The average molecular weight is 385 g/mol. The Morgan fingerprint density at radius 3 is 2.44 bits per heavy atom. The summed E-state index contributed by atoms with van der Waals surface area (Å²) in [5, 5.41) is 3.30. The summed E-state index contributed by atoms with van der Waals surface area (Å²) in [5.41, 5.74) is 2.76. The Hall–Kier alpha value is -1.69. The molecule has 7 heteroatoms. The summed E-state index contributed by atoms with van der Waals surface area (Å²) in [6.07, 6.45) is 0. The molecule has 0 unspecified atom stereocenters. The van der Waals surface area contributed by atoms with Crippen LogP contribution in [0.1, 0.15) is 57.6 Å². The fourth-order valence-corrected chi connectivity index (χ4v) is 3.42. The molecule has 0 saturated heterocycles. The van der Waals surface area contributed by atoms with Crippen LogP contribution in [0.5, 0.6) is 0 Å². The number of carbonyl (C=O) groups excluding carboxylic acids is 2. The third kappa shape index (κ3) is 4.11. The van der Waals surface area contributed by atoms with Gasteiger partial charge >= 0.3 is 0 Å². The van der Waals surface area contributed by atoms with E-state index in [0.717, 1.165) is 0 Å². The van der Waals surface area contributed by atoms with Gasteiger partial charge in [-0.25, -0.2) is 4.39 Å². The number of carbonyl (C=O) groups is 2. The molecule has 1 heterocycles. The van der Waals surface area contributed by atoms with Crippen LogP contribution in [0.3, 0.4) is 0 Å². The lowest BCUT2D eigenvalue weighted by Crippen LogP contribution is -2.27. The average Bonchev–Trinajstić information content (AvgIpc) is 2.83. The molecule has 0 fully saturated rings. The van der Waals surface area contributed by atoms with Gasteiger partial charge < -0.3 is 10.3 Å². The van der Waals surface area contributed by atoms with Crippen molar-refractivity contribution in [1.82, 2.24) is 10.3 Å². The highest BCUT2D eigenvalue weighted by Crippen LogP contribution is 2.28. The Kier molecular flexibility index (Phi) is 6.03. The van der Waals surface area contributed by atoms with Crippen LogP contribution in [-0.4, -0.2) is 23.1 Å². The van der Waals surface area contributed by atoms with Crippen molar-refractivity contribution in [2.45, 2.75) is 33.7 Å². The van der Waals surface area contributed by atoms with Gasteiger partial charge in [-0.15, -0.1) is 0 Å². The number of benzene rings is 1. The molecule has 0 spiro atoms. The number of aromatic nitrogens is 1. The van der Waals surface area contributed by atoms with Crippen molar-refractivity contribution in [2.75, 3.05) is 6.54 Å². The first-order valence-electron chi connectivity index (χ1n) is 7.74. The number of nitrogens with one attached hydrogen (secondary N) is 2. The van der Waals surface area contributed by atoms with Gasteiger partial charge in [0.1, 0.15) is 5.82 Å². The molecule has 0 saturated carbocycles. The number of rotatable bonds is 6. The molecule has 0 amide bonds. The molecule has 4 nitrogen and oxygen atoms in total. The maximum Gasteiger partial charge on any atom is 0.193 e. The lowest BCUT2D eigenvalue weighted by molar-refractivity contribution is 0.0982. The summed E-state index contributed by atoms with van der Waals surface area (Å²) < 4.78 is 13.6. The van der Waals surface area contributed by atoms with E-state index in [1.54, 1.807) is 20.8 Å². The van der Waals surface area contributed by atoms with E-state index in [1.807, 2.05) is 0 Å². The molecule has 0 bridgehead atoms. The van der Waals surface area contributed by atoms with Gasteiger partial charge in [-0.3, -0.25) is 9.59 Å². The van der Waals surface area contributed by atoms with Gasteiger partial charge in [0.05, 0.1) is 17.3 Å². The molecule has 25 heavy (non-hydrogen) atoms. The Labute approximate surface area is 155 Å². The second kappa shape index (κ2) is 7.68. The molecule has 2 N–H and O–H groups in total. The van der Waals surface area contributed by atoms with E-state index >= 15 is 0 Å². The Bertz CT molecular complexity index is 846. The molecule has 0 aliphatic carbocycles. The van der Waals surface area contributed by atoms with Gasteiger partial charge in [-0.05, 0) is 51.0 Å². The predicted molar refractivity (Wildman–Crippen MR) is 97.4 cm³/mol. The monoisotopic (exact) mass is 384 g/mol. The number of halogens is 3. The number of ketones is 2. The van der Waals surface area contributed by atoms with Crippen LogP contribution < -0.4 is 5.32 Å². The topological polar surface area (TPSA) is 62.0 Å². The summed E-state index contributed by atoms with van der Waals surface area (Å²) >= 11 is 11.8. The fraction of sp³-hybridized carbons (Fsp3) is 0.333. The minimum Gasteiger partial charge on any atom is -0.355 e. The summed E-state index contributed by atoms with van der Waals surface area (Å²) in [6.45, 7) is 6.75. The zero-order chi connectivity index (χ0) is 18.9. The molecule has 2 aromatic rings. The van der Waals surface area contributed by atoms with Crippen LogP contribution >= 0.6 is 23.2 Å². The van der Waals surface area contributed by atoms with Crippen LogP contribution in [0.4, 0.5) is 4.39 Å². The van der Waals surface area contributed by atoms with Gasteiger partial charge in [0.25, 0.3) is 0 Å². The van der Waals surface area contributed by atoms with Crippen molar-refractivity contribution in [3.05, 3.63) is 56.1 Å². The van der Waals surface area contributed by atoms with Crippen molar-refractivity contribution in [1.29, 1.82) is 0 Å². The normalized spacial score (nSPS) is 12.3. The van der Waals surface area contributed by atoms with Gasteiger partial charge in [0, 0.05) is 22.3 Å². The first-order valence-corrected chi connectivity index (χ1v) is 8.50. The number of H-pyrrole nitrogens is 1. The second-order valence-electron chi connectivity index (χ2n) is 5.99. The number of hydrogen-bond acceptors (Lipinski definition) is 3. The third-order valence-electron chi connectivity index (χ3n) is 4.14. The molecule has 0 aliphatic heterocycles. The van der Waals surface area contributed by atoms with Crippen LogP contribution in [-0.2, 0) is 0 Å². The highest BCUT2D eigenvalue weighted by Gasteiger charge is 2.20. The van der Waals surface area contributed by atoms with E-state index in [2.05, 4.69) is 10.3 Å². The van der Waals surface area contributed by atoms with Crippen molar-refractivity contribution in [3.8, 4) is 0 Å². The molecular formula is C18H19Cl2FN2O2. The minimum atomic E-state index is -0.567. The first kappa shape index (κ1) is 19.6. The Morgan fingerprint density at radius 2 is 1.88 bits per heavy atom. The van der Waals surface area contributed by atoms with Crippen LogP contribution in [0, 0.1) is 19.7 Å². The second-order valence-corrected chi connectivity index (χ2v) is 6.81. The lowest BCUT2D eigenvalue weighted by atomic mass is 10.0. The minimum absolute atomic E-state index is 0.0138. The van der Waals surface area contributed by atoms with Crippen molar-refractivity contribution >= 4 is 34.8 Å². The molecule has 2 rings (SSSR count). The van der Waals surface area contributed by atoms with Crippen molar-refractivity contribution in [3.63, 3.8) is 0 Å². The van der Waals surface area contributed by atoms with Crippen LogP contribution in [0.25, 0.3) is 0 Å². The molecule has 1 aromatic heterocycles. The van der Waals surface area contributed by atoms with E-state index in [4.69, 9.17) is 23.2 Å². The van der Waals surface area contributed by atoms with E-state index in [1.165, 1.54) is 19.1 Å². The van der Waals surface area contributed by atoms with E-state index in [0.29, 0.717) is 33.1 Å². The number of aryl methyl sites for hydroxylation is 1. The number of aromatic amines is 1. The van der Waals surface area contributed by atoms with Gasteiger partial charge in [-0.2, -0.15) is 0 Å². The quantitative estimate of drug-likeness (QED) is 0.554. The van der Waals surface area contributed by atoms with E-state index in [9.17, 15) is 14.0 Å². The Balaban J connectivity index is 2.14. The molecule has 134 valence electrons. The zero-order valence-corrected chi connectivity index (χ0v) is 15.9. The maximum absolute atomic E-state index is 13.6. The molecular weight excluding hydrogens is 366 g/mol. The number of hydrogen-bond donors (Lipinski definition) is 2. The smallest absolute Gasteiger partial charge is 0.193 e. The number of Topliss-reactive ketones (excluding diaryl/α,β-unsaturated/α-hetero) is 2. The molecule has 1 aromatic carbocycles. The standard InChI is InChI=1S/C18H19Cl2FN2O2/c1-8-17(11(4)24)10(3)23-18(8)16(25)7-22-9(2)12-5-15(21)14(20)6-13(12)19/h5-6,9,22-23H,7H2,1-4H3/t9-/m0/s1. The highest BCUT2D eigenvalue weighted by atomic mass is 35.5. The van der Waals surface area contributed by atoms with Crippen molar-refractivity contribution < 1.29 is 14.0 Å². The van der Waals surface area contributed by atoms with Gasteiger partial charge in [0.2, 0.25) is 0 Å². The van der Waals surface area contributed by atoms with Crippen LogP contribution in [0.2, 0.25) is 10.0 Å². The van der Waals surface area contributed by atoms with Crippen molar-refractivity contribution in [2.24, 2.45) is 0 Å².